The highest BCUT2D eigenvalue weighted by atomic mass is 32.2. The van der Waals surface area contributed by atoms with E-state index in [1.807, 2.05) is 0 Å². The smallest absolute Gasteiger partial charge is 0.320 e. The first kappa shape index (κ1) is 19.2. The number of alkyl halides is 2. The monoisotopic (exact) mass is 402 g/mol. The van der Waals surface area contributed by atoms with Crippen LogP contribution in [-0.4, -0.2) is 40.3 Å². The third-order valence-corrected chi connectivity index (χ3v) is 6.04. The van der Waals surface area contributed by atoms with Crippen LogP contribution >= 0.6 is 0 Å². The van der Waals surface area contributed by atoms with Gasteiger partial charge in [0, 0.05) is 31.5 Å². The number of hydrogen-bond acceptors (Lipinski definition) is 6. The van der Waals surface area contributed by atoms with Gasteiger partial charge in [-0.05, 0) is 25.0 Å². The second kappa shape index (κ2) is 7.56. The zero-order valence-corrected chi connectivity index (χ0v) is 14.8. The highest BCUT2D eigenvalue weighted by molar-refractivity contribution is 7.89. The van der Waals surface area contributed by atoms with Crippen molar-refractivity contribution in [2.45, 2.75) is 30.9 Å². The summed E-state index contributed by atoms with van der Waals surface area (Å²) in [7, 11) is -3.83. The number of ether oxygens (including phenoxy) is 1. The fourth-order valence-electron chi connectivity index (χ4n) is 2.78. The fourth-order valence-corrected chi connectivity index (χ4v) is 4.31. The van der Waals surface area contributed by atoms with Crippen LogP contribution in [0, 0.1) is 10.1 Å². The van der Waals surface area contributed by atoms with E-state index in [-0.39, 0.29) is 16.5 Å². The zero-order chi connectivity index (χ0) is 19.6. The molecule has 146 valence electrons. The van der Waals surface area contributed by atoms with E-state index in [1.165, 1.54) is 10.4 Å². The minimum Gasteiger partial charge on any atom is -0.479 e. The number of aromatic nitrogens is 2. The molecule has 1 fully saturated rings. The lowest BCUT2D eigenvalue weighted by Gasteiger charge is -2.16. The van der Waals surface area contributed by atoms with Gasteiger partial charge in [0.05, 0.1) is 9.82 Å². The highest BCUT2D eigenvalue weighted by Gasteiger charge is 2.30. The lowest BCUT2D eigenvalue weighted by atomic mass is 10.3. The Morgan fingerprint density at radius 1 is 1.30 bits per heavy atom. The maximum absolute atomic E-state index is 12.8. The van der Waals surface area contributed by atoms with Crippen molar-refractivity contribution in [1.29, 1.82) is 0 Å². The van der Waals surface area contributed by atoms with E-state index >= 15 is 0 Å². The lowest BCUT2D eigenvalue weighted by molar-refractivity contribution is -0.386. The molecule has 1 aromatic carbocycles. The number of imidazole rings is 1. The molecule has 3 rings (SSSR count). The van der Waals surface area contributed by atoms with Gasteiger partial charge in [-0.2, -0.15) is 13.1 Å². The van der Waals surface area contributed by atoms with E-state index in [2.05, 4.69) is 4.98 Å². The summed E-state index contributed by atoms with van der Waals surface area (Å²) in [6, 6.07) is 3.27. The van der Waals surface area contributed by atoms with Crippen molar-refractivity contribution < 1.29 is 26.9 Å². The first-order chi connectivity index (χ1) is 12.8. The van der Waals surface area contributed by atoms with Crippen LogP contribution in [0.1, 0.15) is 25.2 Å². The summed E-state index contributed by atoms with van der Waals surface area (Å²) in [4.78, 5) is 14.1. The maximum Gasteiger partial charge on any atom is 0.320 e. The van der Waals surface area contributed by atoms with Gasteiger partial charge in [0.15, 0.2) is 11.6 Å². The molecule has 2 aromatic rings. The molecule has 1 saturated heterocycles. The van der Waals surface area contributed by atoms with Crippen molar-refractivity contribution in [2.24, 2.45) is 0 Å². The molecule has 12 heteroatoms. The normalized spacial score (nSPS) is 15.4. The quantitative estimate of drug-likeness (QED) is 0.520. The number of benzene rings is 1. The van der Waals surface area contributed by atoms with E-state index in [9.17, 15) is 27.3 Å². The molecule has 0 radical (unpaired) electrons. The van der Waals surface area contributed by atoms with Crippen molar-refractivity contribution in [2.75, 3.05) is 13.1 Å². The number of nitro groups is 1. The van der Waals surface area contributed by atoms with Crippen LogP contribution in [0.25, 0.3) is 0 Å². The molecule has 27 heavy (non-hydrogen) atoms. The van der Waals surface area contributed by atoms with Crippen molar-refractivity contribution in [1.82, 2.24) is 13.9 Å². The molecule has 0 N–H and O–H groups in total. The van der Waals surface area contributed by atoms with Gasteiger partial charge in [-0.15, -0.1) is 0 Å². The maximum atomic E-state index is 12.8. The number of halogens is 2. The number of sulfonamides is 1. The first-order valence-electron chi connectivity index (χ1n) is 8.02. The van der Waals surface area contributed by atoms with Crippen LogP contribution in [0.15, 0.2) is 35.5 Å². The lowest BCUT2D eigenvalue weighted by Crippen LogP contribution is -2.27. The summed E-state index contributed by atoms with van der Waals surface area (Å²) < 4.78 is 57.8. The van der Waals surface area contributed by atoms with Gasteiger partial charge in [0.1, 0.15) is 6.61 Å². The predicted octanol–water partition coefficient (Wildman–Crippen LogP) is 2.55. The third kappa shape index (κ3) is 3.90. The molecule has 0 unspecified atom stereocenters. The Morgan fingerprint density at radius 2 is 2.00 bits per heavy atom. The first-order valence-corrected chi connectivity index (χ1v) is 9.46. The Morgan fingerprint density at radius 3 is 2.63 bits per heavy atom. The van der Waals surface area contributed by atoms with Crippen molar-refractivity contribution in [3.8, 4) is 5.75 Å². The minimum atomic E-state index is -3.83. The van der Waals surface area contributed by atoms with Crippen LogP contribution in [0.3, 0.4) is 0 Å². The average Bonchev–Trinajstić information content (AvgIpc) is 3.31. The molecule has 1 aliphatic heterocycles. The second-order valence-electron chi connectivity index (χ2n) is 5.81. The molecule has 9 nitrogen and oxygen atoms in total. The SMILES string of the molecule is O=[N+]([O-])c1cc(S(=O)(=O)N2CCCC2)ccc1OCc1nccn1C(F)F. The van der Waals surface area contributed by atoms with Crippen LogP contribution < -0.4 is 4.74 Å². The van der Waals surface area contributed by atoms with E-state index in [1.54, 1.807) is 0 Å². The van der Waals surface area contributed by atoms with E-state index < -0.39 is 33.8 Å². The largest absolute Gasteiger partial charge is 0.479 e. The summed E-state index contributed by atoms with van der Waals surface area (Å²) >= 11 is 0. The summed E-state index contributed by atoms with van der Waals surface area (Å²) in [5, 5.41) is 11.3. The zero-order valence-electron chi connectivity index (χ0n) is 14.0. The summed E-state index contributed by atoms with van der Waals surface area (Å²) in [5.41, 5.74) is -0.564. The molecule has 2 heterocycles. The number of rotatable bonds is 7. The standard InChI is InChI=1S/C15H16F2N4O5S/c16-15(17)20-8-5-18-14(20)10-26-13-4-3-11(9-12(13)21(22)23)27(24,25)19-6-1-2-7-19/h3-5,8-9,15H,1-2,6-7,10H2. The molecule has 0 saturated carbocycles. The summed E-state index contributed by atoms with van der Waals surface area (Å²) in [5.74, 6) is -0.350. The molecular formula is C15H16F2N4O5S. The molecule has 0 aliphatic carbocycles. The molecule has 1 aliphatic rings. The Labute approximate surface area is 153 Å². The van der Waals surface area contributed by atoms with Crippen LogP contribution in [0.2, 0.25) is 0 Å². The van der Waals surface area contributed by atoms with Gasteiger partial charge < -0.3 is 4.74 Å². The van der Waals surface area contributed by atoms with Gasteiger partial charge in [-0.25, -0.2) is 13.4 Å². The molecule has 1 aromatic heterocycles. The number of hydrogen-bond donors (Lipinski definition) is 0. The van der Waals surface area contributed by atoms with Gasteiger partial charge in [0.2, 0.25) is 10.0 Å². The highest BCUT2D eigenvalue weighted by Crippen LogP contribution is 2.32. The Hall–Kier alpha value is -2.60. The number of nitro benzene ring substituents is 1. The van der Waals surface area contributed by atoms with Gasteiger partial charge >= 0.3 is 12.2 Å². The Kier molecular flexibility index (Phi) is 5.37. The second-order valence-corrected chi connectivity index (χ2v) is 7.75. The van der Waals surface area contributed by atoms with Crippen molar-refractivity contribution >= 4 is 15.7 Å². The Balaban J connectivity index is 1.86. The van der Waals surface area contributed by atoms with E-state index in [4.69, 9.17) is 4.74 Å². The molecule has 0 atom stereocenters. The predicted molar refractivity (Wildman–Crippen MR) is 88.9 cm³/mol. The summed E-state index contributed by atoms with van der Waals surface area (Å²) in [6.07, 6.45) is 3.69. The van der Waals surface area contributed by atoms with Crippen LogP contribution in [-0.2, 0) is 16.6 Å². The van der Waals surface area contributed by atoms with E-state index in [0.29, 0.717) is 17.7 Å². The topological polar surface area (TPSA) is 108 Å². The molecular weight excluding hydrogens is 386 g/mol. The minimum absolute atomic E-state index is 0.118. The van der Waals surface area contributed by atoms with E-state index in [0.717, 1.165) is 37.4 Å². The van der Waals surface area contributed by atoms with Crippen molar-refractivity contribution in [3.63, 3.8) is 0 Å². The Bertz CT molecular complexity index is 941. The third-order valence-electron chi connectivity index (χ3n) is 4.15. The molecule has 0 bridgehead atoms. The van der Waals surface area contributed by atoms with Gasteiger partial charge in [0.25, 0.3) is 0 Å². The summed E-state index contributed by atoms with van der Waals surface area (Å²) in [6.45, 7) is -2.53. The average molecular weight is 402 g/mol. The molecule has 0 spiro atoms. The van der Waals surface area contributed by atoms with Crippen LogP contribution in [0.4, 0.5) is 14.5 Å². The fraction of sp³-hybridized carbons (Fsp3) is 0.400. The van der Waals surface area contributed by atoms with Gasteiger partial charge in [-0.3, -0.25) is 14.7 Å². The van der Waals surface area contributed by atoms with Crippen LogP contribution in [0.5, 0.6) is 5.75 Å². The number of nitrogens with zero attached hydrogens (tertiary/aromatic N) is 4. The van der Waals surface area contributed by atoms with Gasteiger partial charge in [-0.1, -0.05) is 0 Å². The van der Waals surface area contributed by atoms with Crippen molar-refractivity contribution in [3.05, 3.63) is 46.5 Å². The molecule has 0 amide bonds.